The van der Waals surface area contributed by atoms with Crippen LogP contribution in [0.25, 0.3) is 0 Å². The lowest BCUT2D eigenvalue weighted by atomic mass is 9.94. The first-order chi connectivity index (χ1) is 6.31. The Bertz CT molecular complexity index is 322. The number of ether oxygens (including phenoxy) is 1. The second-order valence-corrected chi connectivity index (χ2v) is 3.09. The van der Waals surface area contributed by atoms with E-state index in [0.29, 0.717) is 12.2 Å². The van der Waals surface area contributed by atoms with Gasteiger partial charge in [-0.15, -0.1) is 0 Å². The fourth-order valence-corrected chi connectivity index (χ4v) is 1.56. The van der Waals surface area contributed by atoms with Crippen LogP contribution in [0.4, 0.5) is 0 Å². The van der Waals surface area contributed by atoms with Gasteiger partial charge in [-0.2, -0.15) is 0 Å². The number of aldehydes is 1. The molecule has 0 spiro atoms. The summed E-state index contributed by atoms with van der Waals surface area (Å²) in [4.78, 5) is 10.7. The van der Waals surface area contributed by atoms with Crippen LogP contribution in [0.15, 0.2) is 24.3 Å². The molecule has 0 fully saturated rings. The molecule has 2 rings (SSSR count). The summed E-state index contributed by atoms with van der Waals surface area (Å²) in [6.07, 6.45) is 0.343. The molecular weight excluding hydrogens is 168 g/mol. The Morgan fingerprint density at radius 1 is 1.46 bits per heavy atom. The van der Waals surface area contributed by atoms with Crippen molar-refractivity contribution in [2.45, 2.75) is 18.6 Å². The summed E-state index contributed by atoms with van der Waals surface area (Å²) in [5, 5.41) is 9.28. The van der Waals surface area contributed by atoms with Crippen LogP contribution in [0.2, 0.25) is 0 Å². The van der Waals surface area contributed by atoms with Gasteiger partial charge >= 0.3 is 0 Å². The highest BCUT2D eigenvalue weighted by Crippen LogP contribution is 2.33. The maximum Gasteiger partial charge on any atom is 0.198 e. The van der Waals surface area contributed by atoms with Gasteiger partial charge < -0.3 is 14.6 Å². The number of carbonyl (C=O) groups is 1. The van der Waals surface area contributed by atoms with Gasteiger partial charge in [-0.05, 0) is 6.07 Å². The van der Waals surface area contributed by atoms with Crippen LogP contribution in [-0.2, 0) is 4.79 Å². The molecule has 0 aliphatic carbocycles. The zero-order chi connectivity index (χ0) is 9.26. The lowest BCUT2D eigenvalue weighted by Gasteiger charge is -2.25. The highest BCUT2D eigenvalue weighted by molar-refractivity contribution is 5.65. The molecule has 0 radical (unpaired) electrons. The second-order valence-electron chi connectivity index (χ2n) is 3.09. The van der Waals surface area contributed by atoms with Gasteiger partial charge in [0.05, 0.1) is 0 Å². The van der Waals surface area contributed by atoms with Crippen molar-refractivity contribution in [2.75, 3.05) is 0 Å². The summed E-state index contributed by atoms with van der Waals surface area (Å²) < 4.78 is 5.16. The Labute approximate surface area is 76.0 Å². The smallest absolute Gasteiger partial charge is 0.198 e. The van der Waals surface area contributed by atoms with Crippen molar-refractivity contribution in [3.8, 4) is 5.75 Å². The number of aliphatic hydroxyl groups is 1. The van der Waals surface area contributed by atoms with E-state index in [9.17, 15) is 9.90 Å². The summed E-state index contributed by atoms with van der Waals surface area (Å²) in [5.41, 5.74) is 0.864. The number of fused-ring (bicyclic) bond motifs is 1. The predicted octanol–water partition coefficient (Wildman–Crippen LogP) is 1.07. The van der Waals surface area contributed by atoms with Gasteiger partial charge in [0, 0.05) is 17.9 Å². The summed E-state index contributed by atoms with van der Waals surface area (Å²) in [5.74, 6) is 0.373. The Kier molecular flexibility index (Phi) is 2.02. The number of para-hydroxylation sites is 1. The summed E-state index contributed by atoms with van der Waals surface area (Å²) in [6, 6.07) is 7.28. The average molecular weight is 178 g/mol. The Balaban J connectivity index is 2.42. The molecule has 3 nitrogen and oxygen atoms in total. The van der Waals surface area contributed by atoms with E-state index in [1.165, 1.54) is 0 Å². The molecule has 1 aromatic rings. The topological polar surface area (TPSA) is 46.5 Å². The van der Waals surface area contributed by atoms with Gasteiger partial charge in [0.15, 0.2) is 6.29 Å². The molecule has 68 valence electrons. The third-order valence-corrected chi connectivity index (χ3v) is 2.20. The molecule has 0 saturated carbocycles. The summed E-state index contributed by atoms with van der Waals surface area (Å²) >= 11 is 0. The van der Waals surface area contributed by atoms with Crippen LogP contribution in [0.1, 0.15) is 17.9 Å². The molecule has 0 bridgehead atoms. The lowest BCUT2D eigenvalue weighted by molar-refractivity contribution is -0.112. The molecule has 2 atom stereocenters. The normalized spacial score (nSPS) is 25.9. The van der Waals surface area contributed by atoms with Crippen LogP contribution in [0.5, 0.6) is 5.75 Å². The summed E-state index contributed by atoms with van der Waals surface area (Å²) in [7, 11) is 0. The maximum atomic E-state index is 10.7. The van der Waals surface area contributed by atoms with Gasteiger partial charge in [-0.1, -0.05) is 18.2 Å². The van der Waals surface area contributed by atoms with Crippen LogP contribution < -0.4 is 4.74 Å². The van der Waals surface area contributed by atoms with Gasteiger partial charge in [-0.25, -0.2) is 0 Å². The average Bonchev–Trinajstić information content (AvgIpc) is 2.16. The van der Waals surface area contributed by atoms with Crippen LogP contribution in [-0.4, -0.2) is 17.7 Å². The number of carbonyl (C=O) groups excluding carboxylic acids is 1. The van der Waals surface area contributed by atoms with E-state index in [1.807, 2.05) is 18.2 Å². The predicted molar refractivity (Wildman–Crippen MR) is 46.5 cm³/mol. The van der Waals surface area contributed by atoms with Gasteiger partial charge in [-0.3, -0.25) is 0 Å². The second kappa shape index (κ2) is 3.18. The molecule has 0 saturated heterocycles. The third kappa shape index (κ3) is 1.42. The fraction of sp³-hybridized carbons (Fsp3) is 0.300. The van der Waals surface area contributed by atoms with Crippen molar-refractivity contribution in [1.29, 1.82) is 0 Å². The first kappa shape index (κ1) is 8.26. The molecule has 1 heterocycles. The van der Waals surface area contributed by atoms with Crippen molar-refractivity contribution in [1.82, 2.24) is 0 Å². The number of aliphatic hydroxyl groups excluding tert-OH is 1. The highest BCUT2D eigenvalue weighted by Gasteiger charge is 2.25. The molecule has 13 heavy (non-hydrogen) atoms. The Morgan fingerprint density at radius 2 is 2.23 bits per heavy atom. The molecular formula is C10H10O3. The van der Waals surface area contributed by atoms with E-state index < -0.39 is 6.29 Å². The molecule has 3 heteroatoms. The van der Waals surface area contributed by atoms with E-state index in [4.69, 9.17) is 4.74 Å². The lowest BCUT2D eigenvalue weighted by Crippen LogP contribution is -2.25. The first-order valence-corrected chi connectivity index (χ1v) is 4.20. The van der Waals surface area contributed by atoms with Gasteiger partial charge in [0.1, 0.15) is 12.0 Å². The van der Waals surface area contributed by atoms with E-state index in [2.05, 4.69) is 0 Å². The monoisotopic (exact) mass is 178 g/mol. The molecule has 0 aromatic heterocycles. The molecule has 1 N–H and O–H groups in total. The Hall–Kier alpha value is -1.35. The minimum absolute atomic E-state index is 0.236. The summed E-state index contributed by atoms with van der Waals surface area (Å²) in [6.45, 7) is 0. The van der Waals surface area contributed by atoms with Crippen molar-refractivity contribution in [2.24, 2.45) is 0 Å². The Morgan fingerprint density at radius 3 is 3.00 bits per heavy atom. The van der Waals surface area contributed by atoms with Gasteiger partial charge in [0.2, 0.25) is 0 Å². The van der Waals surface area contributed by atoms with Crippen LogP contribution >= 0.6 is 0 Å². The largest absolute Gasteiger partial charge is 0.465 e. The molecule has 2 unspecified atom stereocenters. The van der Waals surface area contributed by atoms with Crippen LogP contribution in [0.3, 0.4) is 0 Å². The number of rotatable bonds is 1. The standard InChI is InChI=1S/C10H10O3/c11-6-7-5-10(12)13-9-4-2-1-3-8(7)9/h1-4,6-7,10,12H,5H2. The van der Waals surface area contributed by atoms with E-state index in [0.717, 1.165) is 11.8 Å². The van der Waals surface area contributed by atoms with Crippen molar-refractivity contribution < 1.29 is 14.6 Å². The zero-order valence-corrected chi connectivity index (χ0v) is 7.01. The third-order valence-electron chi connectivity index (χ3n) is 2.20. The quantitative estimate of drug-likeness (QED) is 0.654. The maximum absolute atomic E-state index is 10.7. The van der Waals surface area contributed by atoms with Crippen molar-refractivity contribution >= 4 is 6.29 Å². The minimum atomic E-state index is -0.856. The minimum Gasteiger partial charge on any atom is -0.465 e. The highest BCUT2D eigenvalue weighted by atomic mass is 16.6. The molecule has 1 aliphatic heterocycles. The van der Waals surface area contributed by atoms with Crippen molar-refractivity contribution in [3.05, 3.63) is 29.8 Å². The SMILES string of the molecule is O=CC1CC(O)Oc2ccccc21. The van der Waals surface area contributed by atoms with Crippen molar-refractivity contribution in [3.63, 3.8) is 0 Å². The van der Waals surface area contributed by atoms with Gasteiger partial charge in [0.25, 0.3) is 0 Å². The molecule has 1 aliphatic rings. The number of benzene rings is 1. The number of hydrogen-bond acceptors (Lipinski definition) is 3. The zero-order valence-electron chi connectivity index (χ0n) is 7.01. The molecule has 0 amide bonds. The first-order valence-electron chi connectivity index (χ1n) is 4.20. The van der Waals surface area contributed by atoms with Crippen LogP contribution in [0, 0.1) is 0 Å². The molecule has 1 aromatic carbocycles. The fourth-order valence-electron chi connectivity index (χ4n) is 1.56. The van der Waals surface area contributed by atoms with E-state index in [1.54, 1.807) is 6.07 Å². The van der Waals surface area contributed by atoms with E-state index >= 15 is 0 Å². The van der Waals surface area contributed by atoms with E-state index in [-0.39, 0.29) is 5.92 Å². The number of hydrogen-bond donors (Lipinski definition) is 1.